The molecule has 1 N–H and O–H groups in total. The quantitative estimate of drug-likeness (QED) is 0.405. The molecule has 1 aliphatic heterocycles. The molecule has 1 aromatic heterocycles. The van der Waals surface area contributed by atoms with Crippen LogP contribution in [0.2, 0.25) is 5.02 Å². The molecule has 110 valence electrons. The third-order valence-corrected chi connectivity index (χ3v) is 5.88. The van der Waals surface area contributed by atoms with Crippen LogP contribution >= 0.6 is 72.7 Å². The number of halogens is 4. The van der Waals surface area contributed by atoms with E-state index in [4.69, 9.17) is 11.6 Å². The van der Waals surface area contributed by atoms with Gasteiger partial charge in [-0.05, 0) is 28.8 Å². The molecular weight excluding hydrogens is 573 g/mol. The number of nitrogens with zero attached hydrogens (tertiary/aromatic N) is 2. The molecule has 0 saturated carbocycles. The molecule has 1 amide bonds. The van der Waals surface area contributed by atoms with Crippen LogP contribution in [-0.4, -0.2) is 31.6 Å². The second-order valence-electron chi connectivity index (χ2n) is 4.65. The largest absolute Gasteiger partial charge is 0.465 e. The highest BCUT2D eigenvalue weighted by Gasteiger charge is 2.46. The number of rotatable bonds is 4. The van der Waals surface area contributed by atoms with Gasteiger partial charge in [0.2, 0.25) is 0 Å². The Morgan fingerprint density at radius 1 is 1.50 bits per heavy atom. The molecule has 0 unspecified atom stereocenters. The number of hydrogen-bond donors (Lipinski definition) is 1. The Morgan fingerprint density at radius 3 is 2.60 bits per heavy atom. The number of alkyl halides is 2. The van der Waals surface area contributed by atoms with Crippen molar-refractivity contribution in [2.75, 3.05) is 20.3 Å². The number of fused-ring (bicyclic) bond motifs is 1. The lowest BCUT2D eigenvalue weighted by atomic mass is 9.78. The van der Waals surface area contributed by atoms with Gasteiger partial charge < -0.3 is 5.11 Å². The zero-order chi connectivity index (χ0) is 14.9. The number of pyridine rings is 1. The van der Waals surface area contributed by atoms with E-state index in [9.17, 15) is 9.90 Å². The molecule has 2 rings (SSSR count). The number of carboxylic acid groups (broad SMARTS) is 1. The van der Waals surface area contributed by atoms with Crippen LogP contribution in [0, 0.1) is 0 Å². The lowest BCUT2D eigenvalue weighted by Crippen LogP contribution is -2.37. The number of aromatic nitrogens is 1. The predicted octanol–water partition coefficient (Wildman–Crippen LogP) is 4.88. The van der Waals surface area contributed by atoms with E-state index in [0.717, 1.165) is 31.7 Å². The van der Waals surface area contributed by atoms with E-state index >= 15 is 0 Å². The molecule has 0 spiro atoms. The summed E-state index contributed by atoms with van der Waals surface area (Å²) >= 11 is 14.5. The monoisotopic (exact) mass is 584 g/mol. The number of amides is 1. The van der Waals surface area contributed by atoms with Gasteiger partial charge in [-0.15, -0.1) is 0 Å². The van der Waals surface area contributed by atoms with Gasteiger partial charge in [0, 0.05) is 32.6 Å². The van der Waals surface area contributed by atoms with Crippen molar-refractivity contribution in [3.05, 3.63) is 21.3 Å². The summed E-state index contributed by atoms with van der Waals surface area (Å²) in [6, 6.07) is 0. The molecule has 8 heteroatoms. The highest BCUT2D eigenvalue weighted by Crippen LogP contribution is 2.49. The van der Waals surface area contributed by atoms with E-state index in [1.54, 1.807) is 6.20 Å². The fourth-order valence-corrected chi connectivity index (χ4v) is 5.34. The molecule has 0 saturated heterocycles. The number of hydrogen-bond acceptors (Lipinski definition) is 2. The minimum absolute atomic E-state index is 0.232. The Bertz CT molecular complexity index is 538. The van der Waals surface area contributed by atoms with Crippen molar-refractivity contribution in [1.29, 1.82) is 0 Å². The Hall–Kier alpha value is 0.650. The van der Waals surface area contributed by atoms with E-state index in [1.165, 1.54) is 4.90 Å². The average molecular weight is 585 g/mol. The topological polar surface area (TPSA) is 53.4 Å². The minimum atomic E-state index is -0.971. The molecular formula is C12H12BrClI2N2O2. The van der Waals surface area contributed by atoms with Crippen LogP contribution in [0.25, 0.3) is 0 Å². The first-order chi connectivity index (χ1) is 9.46. The first-order valence-electron chi connectivity index (χ1n) is 5.93. The van der Waals surface area contributed by atoms with Crippen molar-refractivity contribution in [2.24, 2.45) is 0 Å². The zero-order valence-electron chi connectivity index (χ0n) is 10.4. The van der Waals surface area contributed by atoms with Gasteiger partial charge in [0.05, 0.1) is 9.50 Å². The molecule has 4 nitrogen and oxygen atoms in total. The molecule has 0 radical (unpaired) electrons. The van der Waals surface area contributed by atoms with E-state index < -0.39 is 6.09 Å². The number of carbonyl (C=O) groups is 1. The third kappa shape index (κ3) is 2.91. The first-order valence-corrected chi connectivity index (χ1v) is 10.2. The molecule has 1 aromatic rings. The van der Waals surface area contributed by atoms with Gasteiger partial charge in [-0.25, -0.2) is 9.78 Å². The lowest BCUT2D eigenvalue weighted by Gasteiger charge is -2.29. The predicted molar refractivity (Wildman–Crippen MR) is 101 cm³/mol. The van der Waals surface area contributed by atoms with Crippen LogP contribution in [0.5, 0.6) is 0 Å². The third-order valence-electron chi connectivity index (χ3n) is 3.58. The van der Waals surface area contributed by atoms with E-state index in [2.05, 4.69) is 66.1 Å². The summed E-state index contributed by atoms with van der Waals surface area (Å²) in [5.41, 5.74) is 0.647. The summed E-state index contributed by atoms with van der Waals surface area (Å²) in [7, 11) is 0. The highest BCUT2D eigenvalue weighted by atomic mass is 127. The second-order valence-corrected chi connectivity index (χ2v) is 8.04. The van der Waals surface area contributed by atoms with E-state index in [0.29, 0.717) is 17.4 Å². The normalized spacial score (nSPS) is 16.3. The Morgan fingerprint density at radius 2 is 2.10 bits per heavy atom. The summed E-state index contributed by atoms with van der Waals surface area (Å²) in [6.45, 7) is 0.437. The van der Waals surface area contributed by atoms with Gasteiger partial charge in [0.25, 0.3) is 0 Å². The summed E-state index contributed by atoms with van der Waals surface area (Å²) in [5.74, 6) is 0.486. The van der Waals surface area contributed by atoms with Crippen LogP contribution < -0.4 is 4.90 Å². The first kappa shape index (κ1) is 17.0. The molecule has 0 fully saturated rings. The van der Waals surface area contributed by atoms with Gasteiger partial charge in [-0.1, -0.05) is 56.8 Å². The molecule has 0 bridgehead atoms. The Kier molecular flexibility index (Phi) is 5.80. The van der Waals surface area contributed by atoms with E-state index in [1.807, 2.05) is 0 Å². The van der Waals surface area contributed by atoms with Crippen molar-refractivity contribution in [2.45, 2.75) is 18.3 Å². The van der Waals surface area contributed by atoms with Crippen LogP contribution in [0.15, 0.2) is 10.7 Å². The molecule has 20 heavy (non-hydrogen) atoms. The summed E-state index contributed by atoms with van der Waals surface area (Å²) in [4.78, 5) is 17.1. The lowest BCUT2D eigenvalue weighted by molar-refractivity contribution is 0.200. The summed E-state index contributed by atoms with van der Waals surface area (Å²) in [6.07, 6.45) is 2.39. The van der Waals surface area contributed by atoms with Gasteiger partial charge in [0.1, 0.15) is 5.82 Å². The van der Waals surface area contributed by atoms with E-state index in [-0.39, 0.29) is 5.41 Å². The molecule has 0 aliphatic carbocycles. The standard InChI is InChI=1S/C12H12BrClI2N2O2/c13-7-5-17-10-8(9(7)14)12(1-3-15,2-4-16)6-18(10)11(19)20/h5H,1-4,6H2,(H,19,20). The molecule has 0 atom stereocenters. The van der Waals surface area contributed by atoms with Crippen molar-refractivity contribution >= 4 is 84.6 Å². The molecule has 0 aromatic carbocycles. The van der Waals surface area contributed by atoms with Gasteiger partial charge in [-0.3, -0.25) is 4.90 Å². The van der Waals surface area contributed by atoms with Crippen LogP contribution in [0.3, 0.4) is 0 Å². The fraction of sp³-hybridized carbons (Fsp3) is 0.500. The summed E-state index contributed by atoms with van der Waals surface area (Å²) < 4.78 is 2.62. The number of anilines is 1. The van der Waals surface area contributed by atoms with Crippen LogP contribution in [-0.2, 0) is 5.41 Å². The van der Waals surface area contributed by atoms with Crippen LogP contribution in [0.1, 0.15) is 18.4 Å². The maximum absolute atomic E-state index is 11.5. The minimum Gasteiger partial charge on any atom is -0.465 e. The van der Waals surface area contributed by atoms with Gasteiger partial charge >= 0.3 is 6.09 Å². The molecule has 1 aliphatic rings. The SMILES string of the molecule is O=C(O)N1CC(CCI)(CCI)c2c1ncc(Br)c2Cl. The average Bonchev–Trinajstić information content (AvgIpc) is 2.70. The maximum Gasteiger partial charge on any atom is 0.413 e. The summed E-state index contributed by atoms with van der Waals surface area (Å²) in [5, 5.41) is 10.0. The van der Waals surface area contributed by atoms with Crippen molar-refractivity contribution < 1.29 is 9.90 Å². The van der Waals surface area contributed by atoms with Crippen molar-refractivity contribution in [3.63, 3.8) is 0 Å². The molecule has 2 heterocycles. The second kappa shape index (κ2) is 6.82. The van der Waals surface area contributed by atoms with Gasteiger partial charge in [-0.2, -0.15) is 0 Å². The fourth-order valence-electron chi connectivity index (χ4n) is 2.64. The maximum atomic E-state index is 11.5. The smallest absolute Gasteiger partial charge is 0.413 e. The van der Waals surface area contributed by atoms with Crippen molar-refractivity contribution in [3.8, 4) is 0 Å². The van der Waals surface area contributed by atoms with Gasteiger partial charge in [0.15, 0.2) is 0 Å². The Labute approximate surface area is 158 Å². The zero-order valence-corrected chi connectivity index (χ0v) is 17.0. The Balaban J connectivity index is 2.64. The highest BCUT2D eigenvalue weighted by molar-refractivity contribution is 14.1. The van der Waals surface area contributed by atoms with Crippen molar-refractivity contribution in [1.82, 2.24) is 4.98 Å². The van der Waals surface area contributed by atoms with Crippen LogP contribution in [0.4, 0.5) is 10.6 Å².